The highest BCUT2D eigenvalue weighted by Crippen LogP contribution is 2.25. The Bertz CT molecular complexity index is 701. The van der Waals surface area contributed by atoms with Crippen molar-refractivity contribution in [3.8, 4) is 0 Å². The summed E-state index contributed by atoms with van der Waals surface area (Å²) < 4.78 is 10.5. The summed E-state index contributed by atoms with van der Waals surface area (Å²) >= 11 is 0. The number of esters is 2. The lowest BCUT2D eigenvalue weighted by molar-refractivity contribution is 0.0330. The molecule has 0 radical (unpaired) electrons. The van der Waals surface area contributed by atoms with Crippen molar-refractivity contribution in [2.45, 2.75) is 39.9 Å². The van der Waals surface area contributed by atoms with Crippen LogP contribution < -0.4 is 0 Å². The Hall–Kier alpha value is -2.36. The third-order valence-corrected chi connectivity index (χ3v) is 3.04. The first kappa shape index (κ1) is 16.0. The van der Waals surface area contributed by atoms with Crippen LogP contribution in [0, 0.1) is 0 Å². The summed E-state index contributed by atoms with van der Waals surface area (Å²) in [6.45, 7) is 7.08. The Morgan fingerprint density at radius 1 is 0.818 bits per heavy atom. The zero-order valence-electron chi connectivity index (χ0n) is 13.3. The molecule has 4 nitrogen and oxygen atoms in total. The predicted molar refractivity (Wildman–Crippen MR) is 85.1 cm³/mol. The fourth-order valence-electron chi connectivity index (χ4n) is 2.21. The van der Waals surface area contributed by atoms with Gasteiger partial charge in [-0.15, -0.1) is 0 Å². The second-order valence-corrected chi connectivity index (χ2v) is 5.62. The molecule has 0 fully saturated rings. The number of fused-ring (bicyclic) bond motifs is 1. The molecular weight excluding hydrogens is 280 g/mol. The van der Waals surface area contributed by atoms with E-state index in [-0.39, 0.29) is 23.3 Å². The van der Waals surface area contributed by atoms with Gasteiger partial charge in [0.1, 0.15) is 0 Å². The number of carbonyl (C=O) groups excluding carboxylic acids is 2. The zero-order valence-corrected chi connectivity index (χ0v) is 13.3. The van der Waals surface area contributed by atoms with E-state index >= 15 is 0 Å². The molecule has 0 aliphatic carbocycles. The van der Waals surface area contributed by atoms with E-state index in [1.165, 1.54) is 0 Å². The molecule has 22 heavy (non-hydrogen) atoms. The number of benzene rings is 2. The van der Waals surface area contributed by atoms with Gasteiger partial charge in [0.15, 0.2) is 0 Å². The first-order chi connectivity index (χ1) is 10.4. The van der Waals surface area contributed by atoms with Gasteiger partial charge in [-0.25, -0.2) is 9.59 Å². The number of carbonyl (C=O) groups is 2. The second-order valence-electron chi connectivity index (χ2n) is 5.62. The summed E-state index contributed by atoms with van der Waals surface area (Å²) in [5.74, 6) is -1.03. The predicted octanol–water partition coefficient (Wildman–Crippen LogP) is 3.97. The Morgan fingerprint density at radius 3 is 2.05 bits per heavy atom. The zero-order chi connectivity index (χ0) is 16.3. The van der Waals surface area contributed by atoms with Crippen LogP contribution in [0.25, 0.3) is 10.8 Å². The van der Waals surface area contributed by atoms with Crippen LogP contribution >= 0.6 is 0 Å². The van der Waals surface area contributed by atoms with E-state index in [1.807, 2.05) is 18.2 Å². The van der Waals surface area contributed by atoms with Gasteiger partial charge in [0.05, 0.1) is 23.3 Å². The molecule has 0 atom stereocenters. The van der Waals surface area contributed by atoms with Crippen molar-refractivity contribution in [1.82, 2.24) is 0 Å². The average molecular weight is 300 g/mol. The molecule has 0 spiro atoms. The van der Waals surface area contributed by atoms with Crippen LogP contribution in [-0.4, -0.2) is 24.1 Å². The number of rotatable bonds is 4. The fraction of sp³-hybridized carbons (Fsp3) is 0.333. The Kier molecular flexibility index (Phi) is 4.81. The summed E-state index contributed by atoms with van der Waals surface area (Å²) in [6, 6.07) is 10.8. The summed E-state index contributed by atoms with van der Waals surface area (Å²) in [7, 11) is 0. The van der Waals surface area contributed by atoms with Crippen LogP contribution in [0.5, 0.6) is 0 Å². The van der Waals surface area contributed by atoms with E-state index in [1.54, 1.807) is 45.9 Å². The Labute approximate surface area is 130 Å². The van der Waals surface area contributed by atoms with Crippen molar-refractivity contribution in [3.63, 3.8) is 0 Å². The van der Waals surface area contributed by atoms with E-state index in [0.717, 1.165) is 5.39 Å². The maximum absolute atomic E-state index is 12.5. The lowest BCUT2D eigenvalue weighted by Crippen LogP contribution is -2.19. The third kappa shape index (κ3) is 3.45. The molecule has 0 unspecified atom stereocenters. The minimum atomic E-state index is -0.517. The number of ether oxygens (including phenoxy) is 2. The molecular formula is C18H20O4. The first-order valence-corrected chi connectivity index (χ1v) is 7.34. The van der Waals surface area contributed by atoms with E-state index in [4.69, 9.17) is 9.47 Å². The van der Waals surface area contributed by atoms with E-state index in [9.17, 15) is 9.59 Å². The monoisotopic (exact) mass is 300 g/mol. The van der Waals surface area contributed by atoms with Crippen LogP contribution in [0.15, 0.2) is 36.4 Å². The normalized spacial score (nSPS) is 11.0. The van der Waals surface area contributed by atoms with Crippen molar-refractivity contribution in [2.24, 2.45) is 0 Å². The van der Waals surface area contributed by atoms with Crippen LogP contribution in [0.2, 0.25) is 0 Å². The number of hydrogen-bond acceptors (Lipinski definition) is 4. The molecule has 0 bridgehead atoms. The molecule has 0 saturated heterocycles. The van der Waals surface area contributed by atoms with E-state index in [0.29, 0.717) is 5.39 Å². The fourth-order valence-corrected chi connectivity index (χ4v) is 2.21. The van der Waals surface area contributed by atoms with Crippen molar-refractivity contribution < 1.29 is 19.1 Å². The highest BCUT2D eigenvalue weighted by Gasteiger charge is 2.23. The molecule has 0 aliphatic rings. The summed E-state index contributed by atoms with van der Waals surface area (Å²) in [5, 5.41) is 1.56. The van der Waals surface area contributed by atoms with Gasteiger partial charge in [-0.05, 0) is 44.5 Å². The van der Waals surface area contributed by atoms with Gasteiger partial charge in [0.25, 0.3) is 0 Å². The van der Waals surface area contributed by atoms with Gasteiger partial charge in [-0.3, -0.25) is 0 Å². The van der Waals surface area contributed by atoms with Crippen LogP contribution in [0.4, 0.5) is 0 Å². The van der Waals surface area contributed by atoms with Gasteiger partial charge >= 0.3 is 11.9 Å². The molecule has 0 amide bonds. The van der Waals surface area contributed by atoms with E-state index in [2.05, 4.69) is 0 Å². The highest BCUT2D eigenvalue weighted by molar-refractivity contribution is 6.12. The molecule has 116 valence electrons. The quantitative estimate of drug-likeness (QED) is 0.802. The Balaban J connectivity index is 2.60. The molecule has 2 rings (SSSR count). The van der Waals surface area contributed by atoms with Crippen molar-refractivity contribution >= 4 is 22.7 Å². The molecule has 0 aliphatic heterocycles. The maximum Gasteiger partial charge on any atom is 0.339 e. The molecule has 0 aromatic heterocycles. The van der Waals surface area contributed by atoms with Crippen LogP contribution in [0.1, 0.15) is 48.4 Å². The minimum Gasteiger partial charge on any atom is -0.459 e. The summed E-state index contributed by atoms with van der Waals surface area (Å²) in [4.78, 5) is 24.7. The largest absolute Gasteiger partial charge is 0.459 e. The van der Waals surface area contributed by atoms with Crippen LogP contribution in [-0.2, 0) is 9.47 Å². The lowest BCUT2D eigenvalue weighted by atomic mass is 9.99. The second kappa shape index (κ2) is 6.60. The maximum atomic E-state index is 12.5. The van der Waals surface area contributed by atoms with Gasteiger partial charge in [-0.2, -0.15) is 0 Å². The molecule has 0 N–H and O–H groups in total. The molecule has 4 heteroatoms. The van der Waals surface area contributed by atoms with Crippen LogP contribution in [0.3, 0.4) is 0 Å². The van der Waals surface area contributed by atoms with Crippen molar-refractivity contribution in [3.05, 3.63) is 47.5 Å². The molecule has 2 aromatic carbocycles. The standard InChI is InChI=1S/C18H20O4/c1-11(2)21-17(19)15-10-9-13-7-5-6-8-14(13)16(15)18(20)22-12(3)4/h5-12H,1-4H3. The average Bonchev–Trinajstić information content (AvgIpc) is 2.44. The highest BCUT2D eigenvalue weighted by atomic mass is 16.5. The van der Waals surface area contributed by atoms with Crippen molar-refractivity contribution in [1.29, 1.82) is 0 Å². The molecule has 0 heterocycles. The first-order valence-electron chi connectivity index (χ1n) is 7.34. The Morgan fingerprint density at radius 2 is 1.41 bits per heavy atom. The number of hydrogen-bond donors (Lipinski definition) is 0. The topological polar surface area (TPSA) is 52.6 Å². The van der Waals surface area contributed by atoms with Gasteiger partial charge < -0.3 is 9.47 Å². The van der Waals surface area contributed by atoms with E-state index < -0.39 is 11.9 Å². The van der Waals surface area contributed by atoms with Crippen molar-refractivity contribution in [2.75, 3.05) is 0 Å². The third-order valence-electron chi connectivity index (χ3n) is 3.04. The summed E-state index contributed by atoms with van der Waals surface area (Å²) in [6.07, 6.45) is -0.520. The summed E-state index contributed by atoms with van der Waals surface area (Å²) in [5.41, 5.74) is 0.496. The van der Waals surface area contributed by atoms with Gasteiger partial charge in [0.2, 0.25) is 0 Å². The lowest BCUT2D eigenvalue weighted by Gasteiger charge is -2.15. The molecule has 0 saturated carbocycles. The van der Waals surface area contributed by atoms with Gasteiger partial charge in [0, 0.05) is 0 Å². The smallest absolute Gasteiger partial charge is 0.339 e. The SMILES string of the molecule is CC(C)OC(=O)c1ccc2ccccc2c1C(=O)OC(C)C. The minimum absolute atomic E-state index is 0.234. The molecule has 2 aromatic rings. The van der Waals surface area contributed by atoms with Gasteiger partial charge in [-0.1, -0.05) is 30.3 Å².